The topological polar surface area (TPSA) is 65.6 Å². The number of hydrogen-bond donors (Lipinski definition) is 3. The molecular formula is C22H26ClFN4O2. The first kappa shape index (κ1) is 21.1. The Bertz CT molecular complexity index is 887. The summed E-state index contributed by atoms with van der Waals surface area (Å²) in [5, 5.41) is 3.26. The molecule has 4 rings (SSSR count). The summed E-state index contributed by atoms with van der Waals surface area (Å²) in [6, 6.07) is 12.3. The van der Waals surface area contributed by atoms with Gasteiger partial charge >= 0.3 is 0 Å². The number of ether oxygens (including phenoxy) is 1. The minimum atomic E-state index is -0.467. The molecule has 2 aliphatic heterocycles. The number of hydrogen-bond acceptors (Lipinski definition) is 5. The van der Waals surface area contributed by atoms with E-state index in [1.165, 1.54) is 23.8 Å². The molecule has 160 valence electrons. The molecule has 2 aromatic rings. The Morgan fingerprint density at radius 1 is 1.17 bits per heavy atom. The van der Waals surface area contributed by atoms with Crippen molar-refractivity contribution in [1.82, 2.24) is 21.1 Å². The Balaban J connectivity index is 1.27. The molecule has 0 spiro atoms. The quantitative estimate of drug-likeness (QED) is 0.677. The second kappa shape index (κ2) is 9.31. The highest BCUT2D eigenvalue weighted by molar-refractivity contribution is 6.33. The third-order valence-corrected chi connectivity index (χ3v) is 6.21. The number of methoxy groups -OCH3 is 1. The Hall–Kier alpha value is -2.19. The number of carbonyl (C=O) groups excluding carboxylic acids is 1. The summed E-state index contributed by atoms with van der Waals surface area (Å²) in [4.78, 5) is 14.9. The lowest BCUT2D eigenvalue weighted by atomic mass is 10.0. The van der Waals surface area contributed by atoms with Gasteiger partial charge < -0.3 is 10.1 Å². The normalized spacial score (nSPS) is 22.8. The molecule has 0 aromatic heterocycles. The Morgan fingerprint density at radius 3 is 2.60 bits per heavy atom. The van der Waals surface area contributed by atoms with Crippen molar-refractivity contribution in [2.24, 2.45) is 0 Å². The molecule has 2 heterocycles. The zero-order valence-corrected chi connectivity index (χ0v) is 17.6. The second-order valence-corrected chi connectivity index (χ2v) is 8.18. The predicted octanol–water partition coefficient (Wildman–Crippen LogP) is 3.25. The first-order valence-electron chi connectivity index (χ1n) is 10.2. The number of amides is 1. The molecule has 2 saturated heterocycles. The molecule has 3 N–H and O–H groups in total. The number of carbonyl (C=O) groups is 1. The van der Waals surface area contributed by atoms with Gasteiger partial charge in [0.2, 0.25) is 0 Å². The van der Waals surface area contributed by atoms with E-state index in [0.29, 0.717) is 0 Å². The Labute approximate surface area is 180 Å². The molecule has 2 aliphatic rings. The van der Waals surface area contributed by atoms with Crippen LogP contribution in [-0.4, -0.2) is 43.2 Å². The van der Waals surface area contributed by atoms with Crippen LogP contribution in [0.4, 0.5) is 4.39 Å². The molecule has 1 amide bonds. The van der Waals surface area contributed by atoms with Crippen LogP contribution in [0.2, 0.25) is 5.02 Å². The van der Waals surface area contributed by atoms with Gasteiger partial charge in [0.15, 0.2) is 0 Å². The van der Waals surface area contributed by atoms with Gasteiger partial charge in [0.05, 0.1) is 23.9 Å². The molecule has 0 radical (unpaired) electrons. The van der Waals surface area contributed by atoms with E-state index in [9.17, 15) is 9.18 Å². The maximum Gasteiger partial charge on any atom is 0.253 e. The molecule has 0 aliphatic carbocycles. The minimum absolute atomic E-state index is 0.0554. The lowest BCUT2D eigenvalue weighted by molar-refractivity contribution is 0.0879. The largest absolute Gasteiger partial charge is 0.497 e. The Morgan fingerprint density at radius 2 is 1.90 bits per heavy atom. The van der Waals surface area contributed by atoms with E-state index in [4.69, 9.17) is 16.3 Å². The standard InChI is InChI=1S/C22H26ClFN4O2/c1-30-17-5-2-14(3-6-17)20-13-21(27-26-20)28-10-8-16(9-11-28)25-22(29)18-12-15(24)4-7-19(18)23/h2-7,12,16,20-21,26-27H,8-11,13H2,1H3,(H,25,29). The third kappa shape index (κ3) is 4.75. The zero-order valence-electron chi connectivity index (χ0n) is 16.8. The lowest BCUT2D eigenvalue weighted by Crippen LogP contribution is -2.51. The van der Waals surface area contributed by atoms with E-state index in [-0.39, 0.29) is 34.7 Å². The van der Waals surface area contributed by atoms with Crippen LogP contribution in [0, 0.1) is 5.82 Å². The van der Waals surface area contributed by atoms with Gasteiger partial charge in [-0.3, -0.25) is 9.69 Å². The van der Waals surface area contributed by atoms with Crippen molar-refractivity contribution in [3.05, 3.63) is 64.4 Å². The molecule has 0 saturated carbocycles. The first-order valence-corrected chi connectivity index (χ1v) is 10.6. The number of rotatable bonds is 5. The predicted molar refractivity (Wildman–Crippen MR) is 114 cm³/mol. The van der Waals surface area contributed by atoms with Crippen LogP contribution < -0.4 is 20.9 Å². The van der Waals surface area contributed by atoms with Crippen LogP contribution in [0.3, 0.4) is 0 Å². The summed E-state index contributed by atoms with van der Waals surface area (Å²) in [7, 11) is 1.67. The molecule has 2 fully saturated rings. The van der Waals surface area contributed by atoms with E-state index in [2.05, 4.69) is 33.2 Å². The van der Waals surface area contributed by atoms with Crippen LogP contribution >= 0.6 is 11.6 Å². The Kier molecular flexibility index (Phi) is 6.53. The molecule has 8 heteroatoms. The molecule has 2 atom stereocenters. The van der Waals surface area contributed by atoms with Crippen LogP contribution in [0.5, 0.6) is 5.75 Å². The van der Waals surface area contributed by atoms with Crippen LogP contribution in [-0.2, 0) is 0 Å². The fraction of sp³-hybridized carbons (Fsp3) is 0.409. The number of halogens is 2. The number of benzene rings is 2. The van der Waals surface area contributed by atoms with Crippen LogP contribution in [0.15, 0.2) is 42.5 Å². The van der Waals surface area contributed by atoms with Crippen molar-refractivity contribution in [3.8, 4) is 5.75 Å². The lowest BCUT2D eigenvalue weighted by Gasteiger charge is -2.35. The fourth-order valence-electron chi connectivity index (χ4n) is 4.12. The molecule has 2 unspecified atom stereocenters. The number of likely N-dealkylation sites (tertiary alicyclic amines) is 1. The number of nitrogens with zero attached hydrogens (tertiary/aromatic N) is 1. The first-order chi connectivity index (χ1) is 14.5. The summed E-state index contributed by atoms with van der Waals surface area (Å²) in [6.45, 7) is 1.74. The summed E-state index contributed by atoms with van der Waals surface area (Å²) >= 11 is 6.04. The monoisotopic (exact) mass is 432 g/mol. The van der Waals surface area contributed by atoms with Crippen molar-refractivity contribution >= 4 is 17.5 Å². The van der Waals surface area contributed by atoms with Gasteiger partial charge in [-0.25, -0.2) is 15.2 Å². The highest BCUT2D eigenvalue weighted by atomic mass is 35.5. The third-order valence-electron chi connectivity index (χ3n) is 5.88. The van der Waals surface area contributed by atoms with Crippen molar-refractivity contribution in [2.45, 2.75) is 37.5 Å². The van der Waals surface area contributed by atoms with Gasteiger partial charge in [-0.1, -0.05) is 23.7 Å². The minimum Gasteiger partial charge on any atom is -0.497 e. The number of piperidine rings is 1. The summed E-state index contributed by atoms with van der Waals surface area (Å²) in [5.74, 6) is 0.0636. The van der Waals surface area contributed by atoms with Crippen molar-refractivity contribution in [1.29, 1.82) is 0 Å². The maximum atomic E-state index is 13.4. The van der Waals surface area contributed by atoms with Crippen LogP contribution in [0.1, 0.15) is 41.2 Å². The van der Waals surface area contributed by atoms with Gasteiger partial charge in [0, 0.05) is 25.2 Å². The molecular weight excluding hydrogens is 407 g/mol. The molecule has 0 bridgehead atoms. The van der Waals surface area contributed by atoms with E-state index < -0.39 is 5.82 Å². The van der Waals surface area contributed by atoms with Crippen LogP contribution in [0.25, 0.3) is 0 Å². The number of nitrogens with one attached hydrogen (secondary N) is 3. The van der Waals surface area contributed by atoms with E-state index in [1.54, 1.807) is 7.11 Å². The SMILES string of the molecule is COc1ccc(C2CC(N3CCC(NC(=O)c4cc(F)ccc4Cl)CC3)NN2)cc1. The molecule has 2 aromatic carbocycles. The van der Waals surface area contributed by atoms with Gasteiger partial charge in [-0.15, -0.1) is 0 Å². The molecule has 6 nitrogen and oxygen atoms in total. The van der Waals surface area contributed by atoms with E-state index in [0.717, 1.165) is 38.1 Å². The van der Waals surface area contributed by atoms with Gasteiger partial charge in [-0.05, 0) is 55.2 Å². The second-order valence-electron chi connectivity index (χ2n) is 7.77. The average Bonchev–Trinajstić information content (AvgIpc) is 3.26. The molecule has 30 heavy (non-hydrogen) atoms. The highest BCUT2D eigenvalue weighted by Gasteiger charge is 2.32. The van der Waals surface area contributed by atoms with E-state index in [1.807, 2.05) is 12.1 Å². The zero-order chi connectivity index (χ0) is 21.1. The van der Waals surface area contributed by atoms with Gasteiger partial charge in [0.25, 0.3) is 5.91 Å². The van der Waals surface area contributed by atoms with Crippen molar-refractivity contribution in [2.75, 3.05) is 20.2 Å². The van der Waals surface area contributed by atoms with E-state index >= 15 is 0 Å². The average molecular weight is 433 g/mol. The summed E-state index contributed by atoms with van der Waals surface area (Å²) in [5.41, 5.74) is 8.18. The maximum absolute atomic E-state index is 13.4. The van der Waals surface area contributed by atoms with Crippen molar-refractivity contribution in [3.63, 3.8) is 0 Å². The van der Waals surface area contributed by atoms with Gasteiger partial charge in [-0.2, -0.15) is 0 Å². The van der Waals surface area contributed by atoms with Gasteiger partial charge in [0.1, 0.15) is 11.6 Å². The summed E-state index contributed by atoms with van der Waals surface area (Å²) in [6.07, 6.45) is 2.88. The number of hydrazine groups is 1. The highest BCUT2D eigenvalue weighted by Crippen LogP contribution is 2.27. The fourth-order valence-corrected chi connectivity index (χ4v) is 4.33. The smallest absolute Gasteiger partial charge is 0.253 e. The van der Waals surface area contributed by atoms with Crippen molar-refractivity contribution < 1.29 is 13.9 Å². The summed E-state index contributed by atoms with van der Waals surface area (Å²) < 4.78 is 18.7.